The maximum Gasteiger partial charge on any atom is 0.314 e. The summed E-state index contributed by atoms with van der Waals surface area (Å²) in [4.78, 5) is 14.2. The Bertz CT molecular complexity index is 407. The number of hydrogen-bond acceptors (Lipinski definition) is 4. The molecule has 0 aromatic heterocycles. The highest BCUT2D eigenvalue weighted by Gasteiger charge is 2.28. The van der Waals surface area contributed by atoms with Crippen molar-refractivity contribution in [1.82, 2.24) is 4.90 Å². The number of carbonyl (C=O) groups is 1. The van der Waals surface area contributed by atoms with Gasteiger partial charge in [-0.3, -0.25) is 4.79 Å². The molecule has 1 aliphatic rings. The van der Waals surface area contributed by atoms with Crippen molar-refractivity contribution in [1.29, 1.82) is 0 Å². The molecule has 1 heterocycles. The molecule has 1 saturated heterocycles. The van der Waals surface area contributed by atoms with Crippen LogP contribution in [0.4, 0.5) is 0 Å². The Morgan fingerprint density at radius 1 is 1.47 bits per heavy atom. The zero-order valence-electron chi connectivity index (χ0n) is 11.3. The highest BCUT2D eigenvalue weighted by atomic mass is 16.5. The van der Waals surface area contributed by atoms with Crippen molar-refractivity contribution in [2.45, 2.75) is 12.3 Å². The average molecular weight is 263 g/mol. The number of aliphatic hydroxyl groups excluding tert-OH is 1. The number of hydrogen-bond donors (Lipinski definition) is 1. The Kier molecular flexibility index (Phi) is 4.93. The Morgan fingerprint density at radius 3 is 2.79 bits per heavy atom. The van der Waals surface area contributed by atoms with E-state index in [1.54, 1.807) is 0 Å². The van der Waals surface area contributed by atoms with Gasteiger partial charge in [0.15, 0.2) is 0 Å². The second-order valence-electron chi connectivity index (χ2n) is 5.08. The van der Waals surface area contributed by atoms with Crippen LogP contribution in [0.15, 0.2) is 30.3 Å². The van der Waals surface area contributed by atoms with Crippen molar-refractivity contribution in [3.8, 4) is 0 Å². The lowest BCUT2D eigenvalue weighted by Gasteiger charge is -2.22. The standard InChI is InChI=1S/C15H21NO3/c1-19-15(18)14(13-5-3-2-4-6-13)10-16-8-7-12(9-16)11-17/h2-6,12,14,17H,7-11H2,1H3. The molecular formula is C15H21NO3. The first-order chi connectivity index (χ1) is 9.24. The van der Waals surface area contributed by atoms with Crippen LogP contribution in [0.25, 0.3) is 0 Å². The number of nitrogens with zero attached hydrogens (tertiary/aromatic N) is 1. The summed E-state index contributed by atoms with van der Waals surface area (Å²) in [5.41, 5.74) is 0.988. The minimum atomic E-state index is -0.247. The zero-order chi connectivity index (χ0) is 13.7. The van der Waals surface area contributed by atoms with Gasteiger partial charge in [-0.2, -0.15) is 0 Å². The lowest BCUT2D eigenvalue weighted by atomic mass is 9.99. The molecule has 0 radical (unpaired) electrons. The predicted octanol–water partition coefficient (Wildman–Crippen LogP) is 1.26. The van der Waals surface area contributed by atoms with Crippen molar-refractivity contribution >= 4 is 5.97 Å². The normalized spacial score (nSPS) is 21.3. The zero-order valence-corrected chi connectivity index (χ0v) is 11.3. The van der Waals surface area contributed by atoms with Gasteiger partial charge in [0.05, 0.1) is 13.0 Å². The minimum Gasteiger partial charge on any atom is -0.469 e. The van der Waals surface area contributed by atoms with Crippen molar-refractivity contribution in [3.05, 3.63) is 35.9 Å². The van der Waals surface area contributed by atoms with Crippen LogP contribution < -0.4 is 0 Å². The lowest BCUT2D eigenvalue weighted by molar-refractivity contribution is -0.142. The quantitative estimate of drug-likeness (QED) is 0.813. The van der Waals surface area contributed by atoms with Crippen LogP contribution >= 0.6 is 0 Å². The number of aliphatic hydroxyl groups is 1. The first kappa shape index (κ1) is 14.0. The monoisotopic (exact) mass is 263 g/mol. The summed E-state index contributed by atoms with van der Waals surface area (Å²) in [6.07, 6.45) is 0.999. The van der Waals surface area contributed by atoms with Crippen molar-refractivity contribution in [2.75, 3.05) is 33.4 Å². The smallest absolute Gasteiger partial charge is 0.314 e. The molecule has 2 unspecified atom stereocenters. The molecule has 0 amide bonds. The fourth-order valence-corrected chi connectivity index (χ4v) is 2.63. The highest BCUT2D eigenvalue weighted by molar-refractivity contribution is 5.78. The first-order valence-electron chi connectivity index (χ1n) is 6.70. The molecule has 1 aromatic carbocycles. The fourth-order valence-electron chi connectivity index (χ4n) is 2.63. The van der Waals surface area contributed by atoms with E-state index >= 15 is 0 Å². The molecule has 2 atom stereocenters. The molecule has 4 nitrogen and oxygen atoms in total. The topological polar surface area (TPSA) is 49.8 Å². The molecule has 1 fully saturated rings. The molecule has 1 aliphatic heterocycles. The number of methoxy groups -OCH3 is 1. The molecule has 19 heavy (non-hydrogen) atoms. The Morgan fingerprint density at radius 2 is 2.21 bits per heavy atom. The Labute approximate surface area is 114 Å². The van der Waals surface area contributed by atoms with Gasteiger partial charge < -0.3 is 14.7 Å². The highest BCUT2D eigenvalue weighted by Crippen LogP contribution is 2.23. The van der Waals surface area contributed by atoms with E-state index in [4.69, 9.17) is 4.74 Å². The molecule has 4 heteroatoms. The molecular weight excluding hydrogens is 242 g/mol. The third-order valence-electron chi connectivity index (χ3n) is 3.76. The summed E-state index contributed by atoms with van der Waals surface area (Å²) >= 11 is 0. The van der Waals surface area contributed by atoms with Crippen LogP contribution in [0.1, 0.15) is 17.9 Å². The van der Waals surface area contributed by atoms with Crippen LogP contribution in [-0.4, -0.2) is 49.3 Å². The SMILES string of the molecule is COC(=O)C(CN1CCC(CO)C1)c1ccccc1. The van der Waals surface area contributed by atoms with Gasteiger partial charge in [-0.25, -0.2) is 0 Å². The van der Waals surface area contributed by atoms with Gasteiger partial charge in [-0.05, 0) is 24.4 Å². The molecule has 1 aromatic rings. The average Bonchev–Trinajstić information content (AvgIpc) is 2.92. The van der Waals surface area contributed by atoms with Crippen LogP contribution in [0.2, 0.25) is 0 Å². The molecule has 0 aliphatic carbocycles. The summed E-state index contributed by atoms with van der Waals surface area (Å²) in [6, 6.07) is 9.73. The van der Waals surface area contributed by atoms with Crippen LogP contribution in [-0.2, 0) is 9.53 Å². The molecule has 2 rings (SSSR count). The number of carbonyl (C=O) groups excluding carboxylic acids is 1. The molecule has 104 valence electrons. The van der Waals surface area contributed by atoms with E-state index < -0.39 is 0 Å². The van der Waals surface area contributed by atoms with Gasteiger partial charge >= 0.3 is 5.97 Å². The summed E-state index contributed by atoms with van der Waals surface area (Å²) in [5.74, 6) is -0.101. The number of likely N-dealkylation sites (tertiary alicyclic amines) is 1. The summed E-state index contributed by atoms with van der Waals surface area (Å²) in [6.45, 7) is 2.68. The van der Waals surface area contributed by atoms with Gasteiger partial charge in [0.25, 0.3) is 0 Å². The van der Waals surface area contributed by atoms with E-state index in [0.29, 0.717) is 12.5 Å². The van der Waals surface area contributed by atoms with Crippen molar-refractivity contribution in [2.24, 2.45) is 5.92 Å². The van der Waals surface area contributed by atoms with E-state index in [1.807, 2.05) is 30.3 Å². The van der Waals surface area contributed by atoms with Crippen LogP contribution in [0, 0.1) is 5.92 Å². The number of rotatable bonds is 5. The Balaban J connectivity index is 2.05. The third kappa shape index (κ3) is 3.55. The summed E-state index contributed by atoms with van der Waals surface area (Å²) < 4.78 is 4.92. The molecule has 1 N–H and O–H groups in total. The van der Waals surface area contributed by atoms with Crippen molar-refractivity contribution < 1.29 is 14.6 Å². The fraction of sp³-hybridized carbons (Fsp3) is 0.533. The summed E-state index contributed by atoms with van der Waals surface area (Å²) in [7, 11) is 1.43. The second kappa shape index (κ2) is 6.68. The number of ether oxygens (including phenoxy) is 1. The third-order valence-corrected chi connectivity index (χ3v) is 3.76. The van der Waals surface area contributed by atoms with Crippen LogP contribution in [0.5, 0.6) is 0 Å². The van der Waals surface area contributed by atoms with Gasteiger partial charge in [-0.1, -0.05) is 30.3 Å². The Hall–Kier alpha value is -1.39. The van der Waals surface area contributed by atoms with Gasteiger partial charge in [0.2, 0.25) is 0 Å². The minimum absolute atomic E-state index is 0.196. The maximum absolute atomic E-state index is 12.0. The largest absolute Gasteiger partial charge is 0.469 e. The number of esters is 1. The second-order valence-corrected chi connectivity index (χ2v) is 5.08. The van der Waals surface area contributed by atoms with Gasteiger partial charge in [0, 0.05) is 19.7 Å². The van der Waals surface area contributed by atoms with Crippen LogP contribution in [0.3, 0.4) is 0 Å². The van der Waals surface area contributed by atoms with E-state index in [0.717, 1.165) is 25.1 Å². The predicted molar refractivity (Wildman–Crippen MR) is 72.8 cm³/mol. The van der Waals surface area contributed by atoms with E-state index in [2.05, 4.69) is 4.90 Å². The molecule has 0 spiro atoms. The van der Waals surface area contributed by atoms with Gasteiger partial charge in [-0.15, -0.1) is 0 Å². The van der Waals surface area contributed by atoms with E-state index in [1.165, 1.54) is 7.11 Å². The summed E-state index contributed by atoms with van der Waals surface area (Å²) in [5, 5.41) is 9.17. The van der Waals surface area contributed by atoms with E-state index in [9.17, 15) is 9.90 Å². The maximum atomic E-state index is 12.0. The number of benzene rings is 1. The molecule has 0 bridgehead atoms. The lowest BCUT2D eigenvalue weighted by Crippen LogP contribution is -2.31. The van der Waals surface area contributed by atoms with Crippen molar-refractivity contribution in [3.63, 3.8) is 0 Å². The van der Waals surface area contributed by atoms with Gasteiger partial charge in [0.1, 0.15) is 0 Å². The van der Waals surface area contributed by atoms with E-state index in [-0.39, 0.29) is 18.5 Å². The first-order valence-corrected chi connectivity index (χ1v) is 6.70. The molecule has 0 saturated carbocycles.